The second-order valence-corrected chi connectivity index (χ2v) is 7.89. The van der Waals surface area contributed by atoms with E-state index in [1.807, 2.05) is 35.2 Å². The molecule has 6 heteroatoms. The number of anilines is 3. The summed E-state index contributed by atoms with van der Waals surface area (Å²) in [4.78, 5) is 31.7. The van der Waals surface area contributed by atoms with Crippen molar-refractivity contribution in [2.24, 2.45) is 5.92 Å². The van der Waals surface area contributed by atoms with Gasteiger partial charge in [0.1, 0.15) is 0 Å². The number of amides is 2. The molecule has 1 unspecified atom stereocenters. The van der Waals surface area contributed by atoms with Crippen molar-refractivity contribution >= 4 is 28.9 Å². The average molecular weight is 391 g/mol. The predicted octanol–water partition coefficient (Wildman–Crippen LogP) is 2.47. The largest absolute Gasteiger partial charge is 0.378 e. The van der Waals surface area contributed by atoms with Crippen LogP contribution in [-0.4, -0.2) is 51.2 Å². The van der Waals surface area contributed by atoms with Crippen molar-refractivity contribution in [1.29, 1.82) is 0 Å². The molecule has 2 aromatic rings. The molecule has 2 fully saturated rings. The summed E-state index contributed by atoms with van der Waals surface area (Å²) in [6, 6.07) is 16.0. The van der Waals surface area contributed by atoms with Crippen LogP contribution in [0.25, 0.3) is 0 Å². The Labute approximate surface area is 170 Å². The number of rotatable bonds is 3. The van der Waals surface area contributed by atoms with Gasteiger partial charge in [-0.3, -0.25) is 9.59 Å². The van der Waals surface area contributed by atoms with Crippen LogP contribution >= 0.6 is 0 Å². The predicted molar refractivity (Wildman–Crippen MR) is 112 cm³/mol. The van der Waals surface area contributed by atoms with Gasteiger partial charge in [-0.05, 0) is 42.3 Å². The summed E-state index contributed by atoms with van der Waals surface area (Å²) in [7, 11) is 0. The van der Waals surface area contributed by atoms with Crippen molar-refractivity contribution in [3.63, 3.8) is 0 Å². The molecule has 2 saturated heterocycles. The van der Waals surface area contributed by atoms with Gasteiger partial charge >= 0.3 is 0 Å². The number of carbonyl (C=O) groups is 2. The highest BCUT2D eigenvalue weighted by Crippen LogP contribution is 2.35. The number of hydrogen-bond acceptors (Lipinski definition) is 4. The van der Waals surface area contributed by atoms with E-state index in [1.165, 1.54) is 11.3 Å². The topological polar surface area (TPSA) is 53.1 Å². The number of hydrogen-bond donors (Lipinski definition) is 0. The van der Waals surface area contributed by atoms with Crippen LogP contribution in [-0.2, 0) is 20.7 Å². The molecule has 150 valence electrons. The zero-order valence-electron chi connectivity index (χ0n) is 16.4. The van der Waals surface area contributed by atoms with Crippen LogP contribution in [0.1, 0.15) is 12.0 Å². The van der Waals surface area contributed by atoms with E-state index >= 15 is 0 Å². The minimum atomic E-state index is -0.285. The molecule has 3 heterocycles. The molecular weight excluding hydrogens is 366 g/mol. The lowest BCUT2D eigenvalue weighted by Crippen LogP contribution is -2.37. The summed E-state index contributed by atoms with van der Waals surface area (Å²) in [6.45, 7) is 4.47. The van der Waals surface area contributed by atoms with Gasteiger partial charge in [-0.25, -0.2) is 0 Å². The summed E-state index contributed by atoms with van der Waals surface area (Å²) < 4.78 is 5.44. The summed E-state index contributed by atoms with van der Waals surface area (Å²) in [6.07, 6.45) is 1.15. The van der Waals surface area contributed by atoms with E-state index in [-0.39, 0.29) is 24.2 Å². The number of nitrogens with zero attached hydrogens (tertiary/aromatic N) is 3. The molecule has 0 saturated carbocycles. The monoisotopic (exact) mass is 391 g/mol. The lowest BCUT2D eigenvalue weighted by Gasteiger charge is -2.29. The molecule has 1 atom stereocenters. The Balaban J connectivity index is 1.31. The molecule has 0 aliphatic carbocycles. The Bertz CT molecular complexity index is 924. The van der Waals surface area contributed by atoms with Gasteiger partial charge in [0.2, 0.25) is 11.8 Å². The van der Waals surface area contributed by atoms with Crippen LogP contribution in [0.5, 0.6) is 0 Å². The highest BCUT2D eigenvalue weighted by molar-refractivity contribution is 6.05. The van der Waals surface area contributed by atoms with E-state index in [1.54, 1.807) is 4.90 Å². The maximum Gasteiger partial charge on any atom is 0.232 e. The van der Waals surface area contributed by atoms with Crippen LogP contribution in [0.15, 0.2) is 48.5 Å². The SMILES string of the molecule is O=C1CC(C(=O)N2CCc3cc(N4CCOCC4)ccc32)CN1c1ccccc1. The molecule has 0 aromatic heterocycles. The van der Waals surface area contributed by atoms with E-state index in [4.69, 9.17) is 4.74 Å². The molecule has 0 radical (unpaired) electrons. The molecule has 2 aromatic carbocycles. The number of carbonyl (C=O) groups excluding carboxylic acids is 2. The Kier molecular flexibility index (Phi) is 4.72. The van der Waals surface area contributed by atoms with Gasteiger partial charge < -0.3 is 19.4 Å². The number of benzene rings is 2. The van der Waals surface area contributed by atoms with Gasteiger partial charge in [-0.2, -0.15) is 0 Å². The summed E-state index contributed by atoms with van der Waals surface area (Å²) >= 11 is 0. The second-order valence-electron chi connectivity index (χ2n) is 7.89. The number of fused-ring (bicyclic) bond motifs is 1. The van der Waals surface area contributed by atoms with Crippen molar-refractivity contribution < 1.29 is 14.3 Å². The molecule has 3 aliphatic heterocycles. The Morgan fingerprint density at radius 3 is 2.55 bits per heavy atom. The van der Waals surface area contributed by atoms with Crippen molar-refractivity contribution in [2.45, 2.75) is 12.8 Å². The minimum absolute atomic E-state index is 0.0247. The maximum atomic E-state index is 13.2. The van der Waals surface area contributed by atoms with Crippen LogP contribution in [0.3, 0.4) is 0 Å². The van der Waals surface area contributed by atoms with Gasteiger partial charge in [-0.1, -0.05) is 18.2 Å². The van der Waals surface area contributed by atoms with E-state index in [9.17, 15) is 9.59 Å². The lowest BCUT2D eigenvalue weighted by atomic mass is 10.1. The van der Waals surface area contributed by atoms with Crippen molar-refractivity contribution in [1.82, 2.24) is 0 Å². The molecule has 2 amide bonds. The first kappa shape index (κ1) is 18.2. The fraction of sp³-hybridized carbons (Fsp3) is 0.391. The second kappa shape index (κ2) is 7.52. The fourth-order valence-corrected chi connectivity index (χ4v) is 4.59. The fourth-order valence-electron chi connectivity index (χ4n) is 4.59. The minimum Gasteiger partial charge on any atom is -0.378 e. The third-order valence-corrected chi connectivity index (χ3v) is 6.14. The van der Waals surface area contributed by atoms with Crippen LogP contribution in [0, 0.1) is 5.92 Å². The first-order chi connectivity index (χ1) is 14.2. The quantitative estimate of drug-likeness (QED) is 0.807. The third kappa shape index (κ3) is 3.38. The Morgan fingerprint density at radius 1 is 0.966 bits per heavy atom. The number of morpholine rings is 1. The zero-order valence-corrected chi connectivity index (χ0v) is 16.4. The van der Waals surface area contributed by atoms with E-state index in [0.717, 1.165) is 44.1 Å². The van der Waals surface area contributed by atoms with Gasteiger partial charge in [0.15, 0.2) is 0 Å². The molecule has 6 nitrogen and oxygen atoms in total. The van der Waals surface area contributed by atoms with Crippen LogP contribution in [0.4, 0.5) is 17.1 Å². The molecule has 5 rings (SSSR count). The van der Waals surface area contributed by atoms with E-state index in [0.29, 0.717) is 13.1 Å². The number of ether oxygens (including phenoxy) is 1. The average Bonchev–Trinajstić information content (AvgIpc) is 3.37. The van der Waals surface area contributed by atoms with Crippen LogP contribution < -0.4 is 14.7 Å². The smallest absolute Gasteiger partial charge is 0.232 e. The van der Waals surface area contributed by atoms with Gasteiger partial charge in [0, 0.05) is 49.7 Å². The van der Waals surface area contributed by atoms with E-state index < -0.39 is 0 Å². The zero-order chi connectivity index (χ0) is 19.8. The van der Waals surface area contributed by atoms with Gasteiger partial charge in [0.25, 0.3) is 0 Å². The Hall–Kier alpha value is -2.86. The normalized spacial score (nSPS) is 21.6. The molecule has 3 aliphatic rings. The van der Waals surface area contributed by atoms with E-state index in [2.05, 4.69) is 23.1 Å². The number of para-hydroxylation sites is 1. The van der Waals surface area contributed by atoms with Gasteiger partial charge in [-0.15, -0.1) is 0 Å². The van der Waals surface area contributed by atoms with Crippen molar-refractivity contribution in [3.05, 3.63) is 54.1 Å². The highest BCUT2D eigenvalue weighted by Gasteiger charge is 2.39. The molecule has 0 N–H and O–H groups in total. The Morgan fingerprint density at radius 2 is 1.76 bits per heavy atom. The maximum absolute atomic E-state index is 13.2. The molecule has 29 heavy (non-hydrogen) atoms. The summed E-state index contributed by atoms with van der Waals surface area (Å²) in [5.74, 6) is -0.195. The third-order valence-electron chi connectivity index (χ3n) is 6.14. The summed E-state index contributed by atoms with van der Waals surface area (Å²) in [5, 5.41) is 0. The first-order valence-corrected chi connectivity index (χ1v) is 10.3. The van der Waals surface area contributed by atoms with Crippen LogP contribution in [0.2, 0.25) is 0 Å². The standard InChI is InChI=1S/C23H25N3O3/c27-22-15-18(16-26(22)19-4-2-1-3-5-19)23(28)25-9-8-17-14-20(6-7-21(17)25)24-10-12-29-13-11-24/h1-7,14,18H,8-13,15-16H2. The highest BCUT2D eigenvalue weighted by atomic mass is 16.5. The lowest BCUT2D eigenvalue weighted by molar-refractivity contribution is -0.124. The summed E-state index contributed by atoms with van der Waals surface area (Å²) in [5.41, 5.74) is 4.28. The molecule has 0 bridgehead atoms. The van der Waals surface area contributed by atoms with Crippen molar-refractivity contribution in [3.8, 4) is 0 Å². The molecular formula is C23H25N3O3. The van der Waals surface area contributed by atoms with Crippen molar-refractivity contribution in [2.75, 3.05) is 54.1 Å². The molecule has 0 spiro atoms. The first-order valence-electron chi connectivity index (χ1n) is 10.3. The van der Waals surface area contributed by atoms with Gasteiger partial charge in [0.05, 0.1) is 19.1 Å².